The Bertz CT molecular complexity index is 535. The molecular formula is C16H20N2O2. The molecule has 1 amide bonds. The summed E-state index contributed by atoms with van der Waals surface area (Å²) in [4.78, 5) is 14.3. The number of benzene rings is 1. The zero-order valence-corrected chi connectivity index (χ0v) is 11.8. The summed E-state index contributed by atoms with van der Waals surface area (Å²) in [5.74, 6) is 5.91. The summed E-state index contributed by atoms with van der Waals surface area (Å²) < 4.78 is 5.37. The lowest BCUT2D eigenvalue weighted by Crippen LogP contribution is -2.33. The smallest absolute Gasteiger partial charge is 0.253 e. The highest BCUT2D eigenvalue weighted by atomic mass is 16.5. The summed E-state index contributed by atoms with van der Waals surface area (Å²) in [5, 5.41) is 0. The number of rotatable bonds is 1. The van der Waals surface area contributed by atoms with Crippen LogP contribution in [0.3, 0.4) is 0 Å². The topological polar surface area (TPSA) is 55.6 Å². The molecule has 1 aromatic carbocycles. The third-order valence-electron chi connectivity index (χ3n) is 3.31. The van der Waals surface area contributed by atoms with Crippen LogP contribution in [-0.4, -0.2) is 43.7 Å². The summed E-state index contributed by atoms with van der Waals surface area (Å²) in [5.41, 5.74) is 8.01. The maximum absolute atomic E-state index is 12.4. The molecule has 1 aliphatic heterocycles. The average molecular weight is 272 g/mol. The Morgan fingerprint density at radius 1 is 1.40 bits per heavy atom. The normalized spacial score (nSPS) is 15.2. The van der Waals surface area contributed by atoms with Crippen molar-refractivity contribution in [1.82, 2.24) is 4.90 Å². The molecule has 1 aliphatic rings. The van der Waals surface area contributed by atoms with Crippen LogP contribution in [-0.2, 0) is 4.74 Å². The van der Waals surface area contributed by atoms with Crippen LogP contribution in [0.25, 0.3) is 0 Å². The van der Waals surface area contributed by atoms with Crippen molar-refractivity contribution in [3.8, 4) is 11.8 Å². The van der Waals surface area contributed by atoms with Crippen molar-refractivity contribution in [2.75, 3.05) is 32.8 Å². The molecule has 0 aliphatic carbocycles. The van der Waals surface area contributed by atoms with Crippen molar-refractivity contribution in [3.05, 3.63) is 34.9 Å². The van der Waals surface area contributed by atoms with Crippen molar-refractivity contribution in [2.45, 2.75) is 13.3 Å². The van der Waals surface area contributed by atoms with Crippen LogP contribution in [0.15, 0.2) is 18.2 Å². The average Bonchev–Trinajstić information content (AvgIpc) is 2.74. The quantitative estimate of drug-likeness (QED) is 0.781. The Balaban J connectivity index is 2.15. The first kappa shape index (κ1) is 14.6. The molecule has 2 N–H and O–H groups in total. The predicted octanol–water partition coefficient (Wildman–Crippen LogP) is 1.17. The number of amides is 1. The van der Waals surface area contributed by atoms with Crippen LogP contribution in [0.1, 0.15) is 27.9 Å². The SMILES string of the molecule is Cc1cc(C(=O)N2CCCOCC2)ccc1C#CCN. The van der Waals surface area contributed by atoms with E-state index in [0.29, 0.717) is 25.3 Å². The first-order chi connectivity index (χ1) is 9.72. The number of hydrogen-bond acceptors (Lipinski definition) is 3. The van der Waals surface area contributed by atoms with Gasteiger partial charge in [-0.1, -0.05) is 11.8 Å². The number of aryl methyl sites for hydroxylation is 1. The molecule has 20 heavy (non-hydrogen) atoms. The van der Waals surface area contributed by atoms with E-state index >= 15 is 0 Å². The number of nitrogens with zero attached hydrogens (tertiary/aromatic N) is 1. The van der Waals surface area contributed by atoms with Crippen molar-refractivity contribution < 1.29 is 9.53 Å². The molecule has 106 valence electrons. The molecule has 0 radical (unpaired) electrons. The van der Waals surface area contributed by atoms with Gasteiger partial charge in [0.2, 0.25) is 0 Å². The van der Waals surface area contributed by atoms with Crippen molar-refractivity contribution in [2.24, 2.45) is 5.73 Å². The second-order valence-electron chi connectivity index (χ2n) is 4.79. The fourth-order valence-corrected chi connectivity index (χ4v) is 2.21. The Morgan fingerprint density at radius 2 is 2.25 bits per heavy atom. The summed E-state index contributed by atoms with van der Waals surface area (Å²) >= 11 is 0. The highest BCUT2D eigenvalue weighted by Gasteiger charge is 2.17. The van der Waals surface area contributed by atoms with E-state index in [1.54, 1.807) is 0 Å². The zero-order chi connectivity index (χ0) is 14.4. The molecule has 0 unspecified atom stereocenters. The fourth-order valence-electron chi connectivity index (χ4n) is 2.21. The van der Waals surface area contributed by atoms with Gasteiger partial charge < -0.3 is 15.4 Å². The van der Waals surface area contributed by atoms with Crippen LogP contribution >= 0.6 is 0 Å². The Morgan fingerprint density at radius 3 is 3.00 bits per heavy atom. The van der Waals surface area contributed by atoms with E-state index in [1.807, 2.05) is 30.0 Å². The van der Waals surface area contributed by atoms with E-state index in [0.717, 1.165) is 30.7 Å². The minimum atomic E-state index is 0.0666. The second kappa shape index (κ2) is 7.09. The molecule has 1 fully saturated rings. The standard InChI is InChI=1S/C16H20N2O2/c1-13-12-15(6-5-14(13)4-2-7-17)16(19)18-8-3-10-20-11-9-18/h5-6,12H,3,7-11,17H2,1H3. The number of nitrogens with two attached hydrogens (primary N) is 1. The maximum Gasteiger partial charge on any atom is 0.253 e. The Kier molecular flexibility index (Phi) is 5.16. The molecule has 0 saturated carbocycles. The maximum atomic E-state index is 12.4. The van der Waals surface area contributed by atoms with Gasteiger partial charge in [0.15, 0.2) is 0 Å². The van der Waals surface area contributed by atoms with E-state index in [1.165, 1.54) is 0 Å². The van der Waals surface area contributed by atoms with Gasteiger partial charge in [-0.2, -0.15) is 0 Å². The Hall–Kier alpha value is -1.83. The van der Waals surface area contributed by atoms with Gasteiger partial charge in [-0.3, -0.25) is 4.79 Å². The van der Waals surface area contributed by atoms with Gasteiger partial charge in [0.05, 0.1) is 13.2 Å². The van der Waals surface area contributed by atoms with Crippen LogP contribution in [0, 0.1) is 18.8 Å². The van der Waals surface area contributed by atoms with Gasteiger partial charge in [0.1, 0.15) is 0 Å². The first-order valence-corrected chi connectivity index (χ1v) is 6.89. The van der Waals surface area contributed by atoms with Crippen LogP contribution in [0.5, 0.6) is 0 Å². The Labute approximate surface area is 119 Å². The molecule has 0 spiro atoms. The van der Waals surface area contributed by atoms with Crippen molar-refractivity contribution in [1.29, 1.82) is 0 Å². The molecular weight excluding hydrogens is 252 g/mol. The van der Waals surface area contributed by atoms with Crippen LogP contribution < -0.4 is 5.73 Å². The summed E-state index contributed by atoms with van der Waals surface area (Å²) in [6, 6.07) is 5.62. The number of hydrogen-bond donors (Lipinski definition) is 1. The van der Waals surface area contributed by atoms with Gasteiger partial charge in [0.25, 0.3) is 5.91 Å². The molecule has 4 heteroatoms. The molecule has 1 heterocycles. The number of ether oxygens (including phenoxy) is 1. The monoisotopic (exact) mass is 272 g/mol. The van der Waals surface area contributed by atoms with Crippen LogP contribution in [0.2, 0.25) is 0 Å². The lowest BCUT2D eigenvalue weighted by molar-refractivity contribution is 0.0741. The van der Waals surface area contributed by atoms with Crippen molar-refractivity contribution >= 4 is 5.91 Å². The molecule has 0 atom stereocenters. The van der Waals surface area contributed by atoms with E-state index in [4.69, 9.17) is 10.5 Å². The molecule has 0 bridgehead atoms. The summed E-state index contributed by atoms with van der Waals surface area (Å²) in [7, 11) is 0. The minimum absolute atomic E-state index is 0.0666. The van der Waals surface area contributed by atoms with Gasteiger partial charge in [0, 0.05) is 30.8 Å². The second-order valence-corrected chi connectivity index (χ2v) is 4.79. The van der Waals surface area contributed by atoms with E-state index in [-0.39, 0.29) is 5.91 Å². The largest absolute Gasteiger partial charge is 0.380 e. The molecule has 1 saturated heterocycles. The zero-order valence-electron chi connectivity index (χ0n) is 11.8. The van der Waals surface area contributed by atoms with Gasteiger partial charge in [-0.15, -0.1) is 0 Å². The summed E-state index contributed by atoms with van der Waals surface area (Å²) in [6.07, 6.45) is 0.894. The predicted molar refractivity (Wildman–Crippen MR) is 78.5 cm³/mol. The highest BCUT2D eigenvalue weighted by Crippen LogP contribution is 2.13. The van der Waals surface area contributed by atoms with Crippen LogP contribution in [0.4, 0.5) is 0 Å². The van der Waals surface area contributed by atoms with Gasteiger partial charge in [-0.25, -0.2) is 0 Å². The lowest BCUT2D eigenvalue weighted by Gasteiger charge is -2.20. The minimum Gasteiger partial charge on any atom is -0.380 e. The highest BCUT2D eigenvalue weighted by molar-refractivity contribution is 5.94. The molecule has 0 aromatic heterocycles. The number of carbonyl (C=O) groups excluding carboxylic acids is 1. The van der Waals surface area contributed by atoms with E-state index < -0.39 is 0 Å². The van der Waals surface area contributed by atoms with Crippen molar-refractivity contribution in [3.63, 3.8) is 0 Å². The molecule has 2 rings (SSSR count). The number of carbonyl (C=O) groups is 1. The summed E-state index contributed by atoms with van der Waals surface area (Å²) in [6.45, 7) is 5.07. The fraction of sp³-hybridized carbons (Fsp3) is 0.438. The lowest BCUT2D eigenvalue weighted by atomic mass is 10.0. The van der Waals surface area contributed by atoms with E-state index in [9.17, 15) is 4.79 Å². The molecule has 4 nitrogen and oxygen atoms in total. The first-order valence-electron chi connectivity index (χ1n) is 6.89. The third-order valence-corrected chi connectivity index (χ3v) is 3.31. The van der Waals surface area contributed by atoms with E-state index in [2.05, 4.69) is 11.8 Å². The van der Waals surface area contributed by atoms with Gasteiger partial charge >= 0.3 is 0 Å². The third kappa shape index (κ3) is 3.60. The van der Waals surface area contributed by atoms with Gasteiger partial charge in [-0.05, 0) is 37.1 Å². The molecule has 1 aromatic rings.